The topological polar surface area (TPSA) is 34.2 Å². The Morgan fingerprint density at radius 3 is 3.00 bits per heavy atom. The number of aromatic nitrogens is 1. The molecule has 0 bridgehead atoms. The second kappa shape index (κ2) is 5.85. The van der Waals surface area contributed by atoms with Gasteiger partial charge in [0.25, 0.3) is 0 Å². The summed E-state index contributed by atoms with van der Waals surface area (Å²) >= 11 is 0. The maximum Gasteiger partial charge on any atom is 0.142 e. The van der Waals surface area contributed by atoms with Crippen LogP contribution in [0.2, 0.25) is 0 Å². The largest absolute Gasteiger partial charge is 0.491 e. The summed E-state index contributed by atoms with van der Waals surface area (Å²) in [7, 11) is 1.95. The van der Waals surface area contributed by atoms with E-state index in [1.807, 2.05) is 25.5 Å². The van der Waals surface area contributed by atoms with Gasteiger partial charge in [-0.15, -0.1) is 0 Å². The lowest BCUT2D eigenvalue weighted by molar-refractivity contribution is 0.249. The summed E-state index contributed by atoms with van der Waals surface area (Å²) < 4.78 is 5.87. The number of nitrogens with one attached hydrogen (secondary N) is 1. The lowest BCUT2D eigenvalue weighted by Crippen LogP contribution is -2.12. The van der Waals surface area contributed by atoms with Crippen molar-refractivity contribution in [2.24, 2.45) is 5.92 Å². The van der Waals surface area contributed by atoms with Gasteiger partial charge in [-0.25, -0.2) is 0 Å². The average molecular weight is 220 g/mol. The van der Waals surface area contributed by atoms with Crippen LogP contribution in [-0.4, -0.2) is 18.6 Å². The quantitative estimate of drug-likeness (QED) is 0.827. The van der Waals surface area contributed by atoms with Crippen molar-refractivity contribution in [1.82, 2.24) is 10.3 Å². The van der Waals surface area contributed by atoms with Crippen LogP contribution in [-0.2, 0) is 6.54 Å². The molecule has 0 amide bonds. The molecule has 0 aromatic carbocycles. The summed E-state index contributed by atoms with van der Waals surface area (Å²) in [6, 6.07) is 2.01. The van der Waals surface area contributed by atoms with Crippen molar-refractivity contribution in [1.29, 1.82) is 0 Å². The fraction of sp³-hybridized carbons (Fsp3) is 0.615. The van der Waals surface area contributed by atoms with Crippen molar-refractivity contribution in [2.75, 3.05) is 13.7 Å². The van der Waals surface area contributed by atoms with Gasteiger partial charge in [-0.1, -0.05) is 12.8 Å². The second-order valence-corrected chi connectivity index (χ2v) is 4.48. The third-order valence-corrected chi connectivity index (χ3v) is 3.19. The van der Waals surface area contributed by atoms with E-state index in [9.17, 15) is 0 Å². The van der Waals surface area contributed by atoms with Crippen LogP contribution in [0.4, 0.5) is 0 Å². The lowest BCUT2D eigenvalue weighted by Gasteiger charge is -2.13. The molecule has 2 rings (SSSR count). The van der Waals surface area contributed by atoms with E-state index in [0.29, 0.717) is 0 Å². The highest BCUT2D eigenvalue weighted by Gasteiger charge is 2.16. The minimum absolute atomic E-state index is 0.752. The summed E-state index contributed by atoms with van der Waals surface area (Å²) in [5, 5.41) is 3.14. The van der Waals surface area contributed by atoms with Gasteiger partial charge in [-0.3, -0.25) is 4.98 Å². The Labute approximate surface area is 97.2 Å². The maximum atomic E-state index is 5.87. The van der Waals surface area contributed by atoms with E-state index in [1.165, 1.54) is 31.2 Å². The summed E-state index contributed by atoms with van der Waals surface area (Å²) in [6.07, 6.45) is 9.01. The smallest absolute Gasteiger partial charge is 0.142 e. The monoisotopic (exact) mass is 220 g/mol. The van der Waals surface area contributed by atoms with Crippen LogP contribution >= 0.6 is 0 Å². The fourth-order valence-corrected chi connectivity index (χ4v) is 2.26. The molecule has 1 N–H and O–H groups in total. The van der Waals surface area contributed by atoms with Crippen LogP contribution in [0.3, 0.4) is 0 Å². The van der Waals surface area contributed by atoms with Gasteiger partial charge in [0.1, 0.15) is 5.75 Å². The molecule has 1 aromatic rings. The Hall–Kier alpha value is -1.09. The maximum absolute atomic E-state index is 5.87. The van der Waals surface area contributed by atoms with E-state index in [2.05, 4.69) is 10.3 Å². The molecule has 1 saturated carbocycles. The Balaban J connectivity index is 1.91. The first-order valence-corrected chi connectivity index (χ1v) is 6.10. The number of rotatable bonds is 5. The third-order valence-electron chi connectivity index (χ3n) is 3.19. The van der Waals surface area contributed by atoms with Crippen LogP contribution in [0.15, 0.2) is 18.5 Å². The third kappa shape index (κ3) is 2.95. The summed E-state index contributed by atoms with van der Waals surface area (Å²) in [4.78, 5) is 4.12. The van der Waals surface area contributed by atoms with E-state index < -0.39 is 0 Å². The minimum Gasteiger partial charge on any atom is -0.491 e. The Kier molecular flexibility index (Phi) is 4.17. The molecular formula is C13H20N2O. The van der Waals surface area contributed by atoms with Crippen molar-refractivity contribution >= 4 is 0 Å². The molecule has 1 aromatic heterocycles. The summed E-state index contributed by atoms with van der Waals surface area (Å²) in [5.41, 5.74) is 1.19. The van der Waals surface area contributed by atoms with E-state index in [4.69, 9.17) is 4.74 Å². The molecule has 1 heterocycles. The summed E-state index contributed by atoms with van der Waals surface area (Å²) in [6.45, 7) is 1.69. The molecule has 0 spiro atoms. The van der Waals surface area contributed by atoms with Crippen LogP contribution in [0.1, 0.15) is 31.2 Å². The highest BCUT2D eigenvalue weighted by molar-refractivity contribution is 5.29. The van der Waals surface area contributed by atoms with Crippen molar-refractivity contribution in [3.8, 4) is 5.75 Å². The highest BCUT2D eigenvalue weighted by Crippen LogP contribution is 2.26. The molecule has 0 atom stereocenters. The minimum atomic E-state index is 0.752. The van der Waals surface area contributed by atoms with Gasteiger partial charge < -0.3 is 10.1 Å². The first-order chi connectivity index (χ1) is 7.90. The molecule has 0 saturated heterocycles. The number of ether oxygens (including phenoxy) is 1. The SMILES string of the molecule is CNCc1ccncc1OCC1CCCC1. The van der Waals surface area contributed by atoms with Gasteiger partial charge in [0.2, 0.25) is 0 Å². The predicted molar refractivity (Wildman–Crippen MR) is 64.5 cm³/mol. The molecule has 3 heteroatoms. The zero-order valence-electron chi connectivity index (χ0n) is 9.91. The molecule has 0 unspecified atom stereocenters. The number of nitrogens with zero attached hydrogens (tertiary/aromatic N) is 1. The van der Waals surface area contributed by atoms with Crippen molar-refractivity contribution in [3.05, 3.63) is 24.0 Å². The molecular weight excluding hydrogens is 200 g/mol. The molecule has 88 valence electrons. The van der Waals surface area contributed by atoms with Gasteiger partial charge in [0, 0.05) is 18.3 Å². The Bertz CT molecular complexity index is 321. The van der Waals surface area contributed by atoms with E-state index in [0.717, 1.165) is 24.8 Å². The van der Waals surface area contributed by atoms with Gasteiger partial charge in [0.05, 0.1) is 12.8 Å². The van der Waals surface area contributed by atoms with E-state index in [-0.39, 0.29) is 0 Å². The predicted octanol–water partition coefficient (Wildman–Crippen LogP) is 2.37. The molecule has 16 heavy (non-hydrogen) atoms. The first kappa shape index (κ1) is 11.4. The van der Waals surface area contributed by atoms with Crippen molar-refractivity contribution < 1.29 is 4.74 Å². The van der Waals surface area contributed by atoms with Gasteiger partial charge in [-0.2, -0.15) is 0 Å². The fourth-order valence-electron chi connectivity index (χ4n) is 2.26. The number of hydrogen-bond donors (Lipinski definition) is 1. The average Bonchev–Trinajstić information content (AvgIpc) is 2.81. The zero-order valence-corrected chi connectivity index (χ0v) is 9.91. The van der Waals surface area contributed by atoms with Crippen LogP contribution < -0.4 is 10.1 Å². The first-order valence-electron chi connectivity index (χ1n) is 6.10. The van der Waals surface area contributed by atoms with Crippen molar-refractivity contribution in [2.45, 2.75) is 32.2 Å². The van der Waals surface area contributed by atoms with Gasteiger partial charge in [0.15, 0.2) is 0 Å². The van der Waals surface area contributed by atoms with Crippen molar-refractivity contribution in [3.63, 3.8) is 0 Å². The molecule has 1 aliphatic carbocycles. The normalized spacial score (nSPS) is 16.6. The van der Waals surface area contributed by atoms with Gasteiger partial charge >= 0.3 is 0 Å². The molecule has 1 aliphatic rings. The standard InChI is InChI=1S/C13H20N2O/c1-14-8-12-6-7-15-9-13(12)16-10-11-4-2-3-5-11/h6-7,9,11,14H,2-5,8,10H2,1H3. The molecule has 3 nitrogen and oxygen atoms in total. The molecule has 0 aliphatic heterocycles. The highest BCUT2D eigenvalue weighted by atomic mass is 16.5. The van der Waals surface area contributed by atoms with Crippen LogP contribution in [0.25, 0.3) is 0 Å². The zero-order chi connectivity index (χ0) is 11.2. The molecule has 1 fully saturated rings. The summed E-state index contributed by atoms with van der Waals surface area (Å²) in [5.74, 6) is 1.69. The van der Waals surface area contributed by atoms with E-state index >= 15 is 0 Å². The van der Waals surface area contributed by atoms with Gasteiger partial charge in [-0.05, 0) is 31.9 Å². The van der Waals surface area contributed by atoms with E-state index in [1.54, 1.807) is 0 Å². The van der Waals surface area contributed by atoms with Crippen LogP contribution in [0.5, 0.6) is 5.75 Å². The number of hydrogen-bond acceptors (Lipinski definition) is 3. The lowest BCUT2D eigenvalue weighted by atomic mass is 10.1. The molecule has 0 radical (unpaired) electrons. The second-order valence-electron chi connectivity index (χ2n) is 4.48. The van der Waals surface area contributed by atoms with Crippen LogP contribution in [0, 0.1) is 5.92 Å². The Morgan fingerprint density at radius 2 is 2.25 bits per heavy atom. The number of pyridine rings is 1. The Morgan fingerprint density at radius 1 is 1.44 bits per heavy atom.